The number of amides is 2. The van der Waals surface area contributed by atoms with E-state index in [2.05, 4.69) is 10.6 Å². The third-order valence-electron chi connectivity index (χ3n) is 4.47. The number of carbonyl (C=O) groups is 3. The Morgan fingerprint density at radius 3 is 2.41 bits per heavy atom. The smallest absolute Gasteiger partial charge is 0.330 e. The summed E-state index contributed by atoms with van der Waals surface area (Å²) in [7, 11) is 1.56. The maximum atomic E-state index is 12.3. The average Bonchev–Trinajstić information content (AvgIpc) is 2.66. The number of aryl methyl sites for hydroxylation is 3. The molecule has 0 saturated carbocycles. The molecule has 1 atom stereocenters. The molecule has 0 saturated heterocycles. The Kier molecular flexibility index (Phi) is 6.71. The first-order valence-corrected chi connectivity index (χ1v) is 8.72. The number of nitrogens with one attached hydrogen (secondary N) is 2. The fourth-order valence-electron chi connectivity index (χ4n) is 2.74. The molecule has 6 nitrogen and oxygen atoms in total. The fourth-order valence-corrected chi connectivity index (χ4v) is 2.74. The second-order valence-electron chi connectivity index (χ2n) is 6.46. The molecule has 0 aliphatic heterocycles. The average molecular weight is 368 g/mol. The maximum Gasteiger partial charge on any atom is 0.330 e. The first-order valence-electron chi connectivity index (χ1n) is 8.72. The lowest BCUT2D eigenvalue weighted by atomic mass is 10.0. The third kappa shape index (κ3) is 5.41. The van der Waals surface area contributed by atoms with E-state index in [1.54, 1.807) is 37.4 Å². The Balaban J connectivity index is 2.03. The van der Waals surface area contributed by atoms with Crippen molar-refractivity contribution < 1.29 is 19.5 Å². The summed E-state index contributed by atoms with van der Waals surface area (Å²) < 4.78 is 0. The van der Waals surface area contributed by atoms with Gasteiger partial charge in [0, 0.05) is 19.0 Å². The van der Waals surface area contributed by atoms with Gasteiger partial charge in [-0.2, -0.15) is 0 Å². The molecule has 0 aromatic heterocycles. The van der Waals surface area contributed by atoms with Crippen LogP contribution in [0.2, 0.25) is 0 Å². The predicted molar refractivity (Wildman–Crippen MR) is 103 cm³/mol. The lowest BCUT2D eigenvalue weighted by Crippen LogP contribution is -2.34. The standard InChI is InChI=1S/C21H24N2O4/c1-13-7-9-16(11-14(13)2)19(21(26)27)23-18(24)10-8-15-5-4-6-17(12-15)20(25)22-3/h4-7,9,11-12,19H,8,10H2,1-3H3,(H,22,25)(H,23,24)(H,26,27). The van der Waals surface area contributed by atoms with Gasteiger partial charge in [-0.1, -0.05) is 30.3 Å². The molecule has 2 aromatic carbocycles. The second kappa shape index (κ2) is 8.98. The van der Waals surface area contributed by atoms with Crippen molar-refractivity contribution in [3.05, 3.63) is 70.3 Å². The van der Waals surface area contributed by atoms with Crippen LogP contribution in [0, 0.1) is 13.8 Å². The monoisotopic (exact) mass is 368 g/mol. The highest BCUT2D eigenvalue weighted by atomic mass is 16.4. The number of hydrogen-bond acceptors (Lipinski definition) is 3. The minimum absolute atomic E-state index is 0.131. The topological polar surface area (TPSA) is 95.5 Å². The highest BCUT2D eigenvalue weighted by Gasteiger charge is 2.22. The van der Waals surface area contributed by atoms with Gasteiger partial charge < -0.3 is 15.7 Å². The Morgan fingerprint density at radius 1 is 1.04 bits per heavy atom. The molecule has 2 aromatic rings. The van der Waals surface area contributed by atoms with Crippen LogP contribution in [0.1, 0.15) is 45.1 Å². The SMILES string of the molecule is CNC(=O)c1cccc(CCC(=O)NC(C(=O)O)c2ccc(C)c(C)c2)c1. The molecule has 2 amide bonds. The highest BCUT2D eigenvalue weighted by Crippen LogP contribution is 2.18. The van der Waals surface area contributed by atoms with Crippen LogP contribution in [0.15, 0.2) is 42.5 Å². The van der Waals surface area contributed by atoms with E-state index < -0.39 is 12.0 Å². The van der Waals surface area contributed by atoms with Gasteiger partial charge in [0.2, 0.25) is 5.91 Å². The molecule has 0 fully saturated rings. The summed E-state index contributed by atoms with van der Waals surface area (Å²) in [6.45, 7) is 3.85. The van der Waals surface area contributed by atoms with E-state index in [1.807, 2.05) is 26.0 Å². The Bertz CT molecular complexity index is 861. The van der Waals surface area contributed by atoms with Crippen LogP contribution >= 0.6 is 0 Å². The van der Waals surface area contributed by atoms with Gasteiger partial charge in [-0.05, 0) is 54.7 Å². The molecule has 0 radical (unpaired) electrons. The lowest BCUT2D eigenvalue weighted by molar-refractivity contribution is -0.142. The summed E-state index contributed by atoms with van der Waals surface area (Å²) in [5, 5.41) is 14.6. The van der Waals surface area contributed by atoms with E-state index in [-0.39, 0.29) is 18.2 Å². The first-order chi connectivity index (χ1) is 12.8. The Hall–Kier alpha value is -3.15. The summed E-state index contributed by atoms with van der Waals surface area (Å²) >= 11 is 0. The molecule has 1 unspecified atom stereocenters. The van der Waals surface area contributed by atoms with Crippen LogP contribution in [-0.4, -0.2) is 29.9 Å². The van der Waals surface area contributed by atoms with Gasteiger partial charge in [-0.3, -0.25) is 9.59 Å². The number of carboxylic acids is 1. The number of benzene rings is 2. The number of aliphatic carboxylic acids is 1. The quantitative estimate of drug-likeness (QED) is 0.700. The van der Waals surface area contributed by atoms with E-state index in [0.717, 1.165) is 16.7 Å². The number of carbonyl (C=O) groups excluding carboxylic acids is 2. The maximum absolute atomic E-state index is 12.3. The number of hydrogen-bond donors (Lipinski definition) is 3. The van der Waals surface area contributed by atoms with Gasteiger partial charge >= 0.3 is 5.97 Å². The zero-order chi connectivity index (χ0) is 20.0. The summed E-state index contributed by atoms with van der Waals surface area (Å²) in [6.07, 6.45) is 0.543. The lowest BCUT2D eigenvalue weighted by Gasteiger charge is -2.16. The van der Waals surface area contributed by atoms with E-state index in [9.17, 15) is 19.5 Å². The molecular formula is C21H24N2O4. The highest BCUT2D eigenvalue weighted by molar-refractivity contribution is 5.94. The van der Waals surface area contributed by atoms with E-state index in [0.29, 0.717) is 17.5 Å². The van der Waals surface area contributed by atoms with E-state index in [1.165, 1.54) is 0 Å². The van der Waals surface area contributed by atoms with Crippen LogP contribution in [0.25, 0.3) is 0 Å². The van der Waals surface area contributed by atoms with Gasteiger partial charge in [0.25, 0.3) is 5.91 Å². The van der Waals surface area contributed by atoms with Crippen LogP contribution in [0.5, 0.6) is 0 Å². The molecule has 6 heteroatoms. The van der Waals surface area contributed by atoms with Gasteiger partial charge in [0.1, 0.15) is 0 Å². The minimum Gasteiger partial charge on any atom is -0.479 e. The van der Waals surface area contributed by atoms with Crippen LogP contribution in [0.3, 0.4) is 0 Å². The molecule has 142 valence electrons. The first kappa shape index (κ1) is 20.2. The van der Waals surface area contributed by atoms with E-state index in [4.69, 9.17) is 0 Å². The summed E-state index contributed by atoms with van der Waals surface area (Å²) in [4.78, 5) is 35.6. The van der Waals surface area contributed by atoms with Gasteiger partial charge in [0.15, 0.2) is 6.04 Å². The predicted octanol–water partition coefficient (Wildman–Crippen LogP) is 2.54. The summed E-state index contributed by atoms with van der Waals surface area (Å²) in [6, 6.07) is 11.3. The van der Waals surface area contributed by atoms with Crippen molar-refractivity contribution in [2.45, 2.75) is 32.7 Å². The number of carboxylic acid groups (broad SMARTS) is 1. The van der Waals surface area contributed by atoms with E-state index >= 15 is 0 Å². The normalized spacial score (nSPS) is 11.5. The largest absolute Gasteiger partial charge is 0.479 e. The zero-order valence-electron chi connectivity index (χ0n) is 15.7. The second-order valence-corrected chi connectivity index (χ2v) is 6.46. The molecule has 2 rings (SSSR count). The minimum atomic E-state index is -1.10. The van der Waals surface area contributed by atoms with Crippen LogP contribution in [-0.2, 0) is 16.0 Å². The van der Waals surface area contributed by atoms with Gasteiger partial charge in [-0.15, -0.1) is 0 Å². The van der Waals surface area contributed by atoms with Crippen molar-refractivity contribution in [1.29, 1.82) is 0 Å². The van der Waals surface area contributed by atoms with Crippen LogP contribution < -0.4 is 10.6 Å². The zero-order valence-corrected chi connectivity index (χ0v) is 15.7. The van der Waals surface area contributed by atoms with Crippen molar-refractivity contribution in [3.8, 4) is 0 Å². The molecule has 0 aliphatic rings. The molecule has 0 heterocycles. The van der Waals surface area contributed by atoms with Crippen molar-refractivity contribution in [3.63, 3.8) is 0 Å². The molecule has 0 bridgehead atoms. The van der Waals surface area contributed by atoms with Gasteiger partial charge in [0.05, 0.1) is 0 Å². The Morgan fingerprint density at radius 2 is 1.78 bits per heavy atom. The molecular weight excluding hydrogens is 344 g/mol. The number of rotatable bonds is 7. The molecule has 0 spiro atoms. The third-order valence-corrected chi connectivity index (χ3v) is 4.47. The summed E-state index contributed by atoms with van der Waals surface area (Å²) in [5.74, 6) is -1.65. The Labute approximate surface area is 158 Å². The van der Waals surface area contributed by atoms with Crippen molar-refractivity contribution in [1.82, 2.24) is 10.6 Å². The van der Waals surface area contributed by atoms with Crippen molar-refractivity contribution in [2.75, 3.05) is 7.05 Å². The van der Waals surface area contributed by atoms with Gasteiger partial charge in [-0.25, -0.2) is 4.79 Å². The molecule has 27 heavy (non-hydrogen) atoms. The fraction of sp³-hybridized carbons (Fsp3) is 0.286. The van der Waals surface area contributed by atoms with Crippen molar-refractivity contribution >= 4 is 17.8 Å². The molecule has 3 N–H and O–H groups in total. The van der Waals surface area contributed by atoms with Crippen molar-refractivity contribution in [2.24, 2.45) is 0 Å². The molecule has 0 aliphatic carbocycles. The summed E-state index contributed by atoms with van der Waals surface area (Å²) in [5.41, 5.74) is 3.93. The van der Waals surface area contributed by atoms with Crippen LogP contribution in [0.4, 0.5) is 0 Å².